The molecule has 0 saturated heterocycles. The molecule has 0 atom stereocenters. The number of ketones is 1. The molecule has 0 unspecified atom stereocenters. The fraction of sp³-hybridized carbons (Fsp3) is 0.158. The van der Waals surface area contributed by atoms with Crippen molar-refractivity contribution in [1.29, 1.82) is 0 Å². The summed E-state index contributed by atoms with van der Waals surface area (Å²) in [6.45, 7) is 0. The molecule has 21 heavy (non-hydrogen) atoms. The van der Waals surface area contributed by atoms with Crippen molar-refractivity contribution in [2.24, 2.45) is 0 Å². The zero-order valence-corrected chi connectivity index (χ0v) is 11.8. The Balaban J connectivity index is 1.70. The summed E-state index contributed by atoms with van der Waals surface area (Å²) >= 11 is 0. The van der Waals surface area contributed by atoms with Gasteiger partial charge in [0, 0.05) is 23.6 Å². The number of carbonyl (C=O) groups is 1. The maximum Gasteiger partial charge on any atom is 0.165 e. The third kappa shape index (κ3) is 3.16. The molecule has 3 rings (SSSR count). The highest BCUT2D eigenvalue weighted by molar-refractivity contribution is 6.06. The molecule has 1 heterocycles. The second-order valence-corrected chi connectivity index (χ2v) is 5.14. The number of fused-ring (bicyclic) bond motifs is 1. The van der Waals surface area contributed by atoms with Crippen molar-refractivity contribution in [3.05, 3.63) is 78.0 Å². The van der Waals surface area contributed by atoms with E-state index in [9.17, 15) is 4.79 Å². The Morgan fingerprint density at radius 1 is 0.905 bits per heavy atom. The first-order valence-electron chi connectivity index (χ1n) is 7.25. The third-order valence-corrected chi connectivity index (χ3v) is 3.65. The number of aromatic nitrogens is 1. The van der Waals surface area contributed by atoms with E-state index in [4.69, 9.17) is 0 Å². The fourth-order valence-electron chi connectivity index (χ4n) is 2.56. The summed E-state index contributed by atoms with van der Waals surface area (Å²) in [6, 6.07) is 20.0. The zero-order valence-electron chi connectivity index (χ0n) is 11.8. The van der Waals surface area contributed by atoms with E-state index in [1.54, 1.807) is 6.20 Å². The molecular weight excluding hydrogens is 258 g/mol. The fourth-order valence-corrected chi connectivity index (χ4v) is 2.56. The van der Waals surface area contributed by atoms with Gasteiger partial charge in [-0.1, -0.05) is 48.5 Å². The molecule has 2 nitrogen and oxygen atoms in total. The van der Waals surface area contributed by atoms with E-state index in [-0.39, 0.29) is 5.78 Å². The van der Waals surface area contributed by atoms with Crippen molar-refractivity contribution in [3.63, 3.8) is 0 Å². The van der Waals surface area contributed by atoms with Gasteiger partial charge in [-0.05, 0) is 30.5 Å². The van der Waals surface area contributed by atoms with Crippen molar-refractivity contribution in [1.82, 2.24) is 4.98 Å². The topological polar surface area (TPSA) is 30.0 Å². The molecule has 3 aromatic rings. The van der Waals surface area contributed by atoms with Gasteiger partial charge < -0.3 is 0 Å². The molecule has 0 spiro atoms. The van der Waals surface area contributed by atoms with E-state index in [1.165, 1.54) is 5.56 Å². The van der Waals surface area contributed by atoms with E-state index < -0.39 is 0 Å². The van der Waals surface area contributed by atoms with Gasteiger partial charge in [0.05, 0.1) is 5.52 Å². The lowest BCUT2D eigenvalue weighted by atomic mass is 10.0. The first-order valence-corrected chi connectivity index (χ1v) is 7.25. The molecule has 1 aromatic heterocycles. The number of pyridine rings is 1. The number of para-hydroxylation sites is 1. The Kier molecular flexibility index (Phi) is 4.06. The van der Waals surface area contributed by atoms with E-state index in [0.717, 1.165) is 29.3 Å². The quantitative estimate of drug-likeness (QED) is 0.644. The monoisotopic (exact) mass is 275 g/mol. The van der Waals surface area contributed by atoms with Crippen molar-refractivity contribution in [2.75, 3.05) is 0 Å². The van der Waals surface area contributed by atoms with Crippen LogP contribution in [-0.2, 0) is 6.42 Å². The molecule has 0 aliphatic carbocycles. The molecule has 104 valence electrons. The molecule has 2 aromatic carbocycles. The second-order valence-electron chi connectivity index (χ2n) is 5.14. The number of rotatable bonds is 5. The van der Waals surface area contributed by atoms with Crippen LogP contribution in [0.1, 0.15) is 28.8 Å². The van der Waals surface area contributed by atoms with Crippen LogP contribution in [0.4, 0.5) is 0 Å². The highest BCUT2D eigenvalue weighted by atomic mass is 16.1. The lowest BCUT2D eigenvalue weighted by molar-refractivity contribution is 0.0981. The van der Waals surface area contributed by atoms with Crippen LogP contribution in [0.3, 0.4) is 0 Å². The summed E-state index contributed by atoms with van der Waals surface area (Å²) in [5.74, 6) is 0.176. The second kappa shape index (κ2) is 6.31. The standard InChI is InChI=1S/C19H17NO/c21-18(13-4-9-15-7-2-1-3-8-15)17-12-5-10-16-11-6-14-20-19(16)17/h1-3,5-8,10-12,14H,4,9,13H2. The lowest BCUT2D eigenvalue weighted by Crippen LogP contribution is -2.02. The van der Waals surface area contributed by atoms with Gasteiger partial charge in [-0.15, -0.1) is 0 Å². The van der Waals surface area contributed by atoms with Gasteiger partial charge in [-0.2, -0.15) is 0 Å². The van der Waals surface area contributed by atoms with Crippen LogP contribution in [0.25, 0.3) is 10.9 Å². The number of hydrogen-bond acceptors (Lipinski definition) is 2. The zero-order chi connectivity index (χ0) is 14.5. The maximum absolute atomic E-state index is 12.4. The minimum absolute atomic E-state index is 0.176. The van der Waals surface area contributed by atoms with Crippen LogP contribution < -0.4 is 0 Å². The van der Waals surface area contributed by atoms with E-state index >= 15 is 0 Å². The van der Waals surface area contributed by atoms with Gasteiger partial charge in [-0.3, -0.25) is 9.78 Å². The lowest BCUT2D eigenvalue weighted by Gasteiger charge is -2.05. The Hall–Kier alpha value is -2.48. The Morgan fingerprint density at radius 2 is 1.71 bits per heavy atom. The minimum atomic E-state index is 0.176. The number of carbonyl (C=O) groups excluding carboxylic acids is 1. The van der Waals surface area contributed by atoms with Crippen LogP contribution in [-0.4, -0.2) is 10.8 Å². The van der Waals surface area contributed by atoms with E-state index in [1.807, 2.05) is 48.5 Å². The van der Waals surface area contributed by atoms with Crippen LogP contribution in [0, 0.1) is 0 Å². The predicted octanol–water partition coefficient (Wildman–Crippen LogP) is 4.44. The first-order chi connectivity index (χ1) is 10.3. The predicted molar refractivity (Wildman–Crippen MR) is 85.5 cm³/mol. The summed E-state index contributed by atoms with van der Waals surface area (Å²) in [4.78, 5) is 16.8. The highest BCUT2D eigenvalue weighted by Gasteiger charge is 2.10. The summed E-state index contributed by atoms with van der Waals surface area (Å²) in [6.07, 6.45) is 4.10. The van der Waals surface area contributed by atoms with Crippen molar-refractivity contribution >= 4 is 16.7 Å². The van der Waals surface area contributed by atoms with Crippen LogP contribution in [0.2, 0.25) is 0 Å². The van der Waals surface area contributed by atoms with Gasteiger partial charge in [0.1, 0.15) is 0 Å². The molecule has 0 aliphatic rings. The van der Waals surface area contributed by atoms with Crippen LogP contribution >= 0.6 is 0 Å². The number of Topliss-reactive ketones (excluding diaryl/α,β-unsaturated/α-hetero) is 1. The number of benzene rings is 2. The van der Waals surface area contributed by atoms with Gasteiger partial charge in [0.2, 0.25) is 0 Å². The van der Waals surface area contributed by atoms with Crippen molar-refractivity contribution in [2.45, 2.75) is 19.3 Å². The van der Waals surface area contributed by atoms with Gasteiger partial charge >= 0.3 is 0 Å². The number of hydrogen-bond donors (Lipinski definition) is 0. The molecular formula is C19H17NO. The molecule has 0 saturated carbocycles. The van der Waals surface area contributed by atoms with E-state index in [2.05, 4.69) is 17.1 Å². The summed E-state index contributed by atoms with van der Waals surface area (Å²) in [5, 5.41) is 1.02. The van der Waals surface area contributed by atoms with Crippen molar-refractivity contribution < 1.29 is 4.79 Å². The molecule has 0 aliphatic heterocycles. The van der Waals surface area contributed by atoms with Crippen LogP contribution in [0.15, 0.2) is 66.9 Å². The summed E-state index contributed by atoms with van der Waals surface area (Å²) in [7, 11) is 0. The maximum atomic E-state index is 12.4. The Labute approximate surface area is 124 Å². The SMILES string of the molecule is O=C(CCCc1ccccc1)c1cccc2cccnc12. The first kappa shape index (κ1) is 13.5. The Bertz CT molecular complexity index is 744. The largest absolute Gasteiger partial charge is 0.294 e. The van der Waals surface area contributed by atoms with Gasteiger partial charge in [0.15, 0.2) is 5.78 Å². The normalized spacial score (nSPS) is 10.7. The molecule has 0 N–H and O–H groups in total. The molecule has 0 fully saturated rings. The average Bonchev–Trinajstić information content (AvgIpc) is 2.55. The van der Waals surface area contributed by atoms with E-state index in [0.29, 0.717) is 6.42 Å². The number of nitrogens with zero attached hydrogens (tertiary/aromatic N) is 1. The number of aryl methyl sites for hydroxylation is 1. The molecule has 2 heteroatoms. The average molecular weight is 275 g/mol. The minimum Gasteiger partial charge on any atom is -0.294 e. The summed E-state index contributed by atoms with van der Waals surface area (Å²) < 4.78 is 0. The molecule has 0 radical (unpaired) electrons. The molecule has 0 bridgehead atoms. The highest BCUT2D eigenvalue weighted by Crippen LogP contribution is 2.18. The Morgan fingerprint density at radius 3 is 2.57 bits per heavy atom. The third-order valence-electron chi connectivity index (χ3n) is 3.65. The van der Waals surface area contributed by atoms with Gasteiger partial charge in [0.25, 0.3) is 0 Å². The smallest absolute Gasteiger partial charge is 0.165 e. The van der Waals surface area contributed by atoms with Crippen LogP contribution in [0.5, 0.6) is 0 Å². The summed E-state index contributed by atoms with van der Waals surface area (Å²) in [5.41, 5.74) is 2.83. The van der Waals surface area contributed by atoms with Gasteiger partial charge in [-0.25, -0.2) is 0 Å². The molecule has 0 amide bonds. The van der Waals surface area contributed by atoms with Crippen molar-refractivity contribution in [3.8, 4) is 0 Å².